The number of nitrogens with one attached hydrogen (secondary N) is 1. The molecule has 2 rings (SSSR count). The van der Waals surface area contributed by atoms with Crippen molar-refractivity contribution in [2.45, 2.75) is 13.8 Å². The van der Waals surface area contributed by atoms with Crippen molar-refractivity contribution in [3.63, 3.8) is 0 Å². The zero-order valence-corrected chi connectivity index (χ0v) is 13.8. The van der Waals surface area contributed by atoms with Crippen LogP contribution in [-0.2, 0) is 9.59 Å². The summed E-state index contributed by atoms with van der Waals surface area (Å²) >= 11 is 0. The molecule has 0 unspecified atom stereocenters. The van der Waals surface area contributed by atoms with Crippen molar-refractivity contribution in [1.82, 2.24) is 0 Å². The third-order valence-corrected chi connectivity index (χ3v) is 3.71. The highest BCUT2D eigenvalue weighted by molar-refractivity contribution is 6.45. The molecule has 0 aliphatic rings. The van der Waals surface area contributed by atoms with Gasteiger partial charge in [0.25, 0.3) is 5.91 Å². The highest BCUT2D eigenvalue weighted by Crippen LogP contribution is 2.19. The molecular weight excluding hydrogens is 306 g/mol. The van der Waals surface area contributed by atoms with Crippen LogP contribution in [-0.4, -0.2) is 23.9 Å². The van der Waals surface area contributed by atoms with Gasteiger partial charge in [0.2, 0.25) is 5.78 Å². The summed E-state index contributed by atoms with van der Waals surface area (Å²) in [6.45, 7) is 3.78. The molecule has 0 heterocycles. The Balaban J connectivity index is 2.15. The maximum absolute atomic E-state index is 12.0. The predicted molar refractivity (Wildman–Crippen MR) is 93.2 cm³/mol. The fraction of sp³-hybridized carbons (Fsp3) is 0.158. The second-order valence-corrected chi connectivity index (χ2v) is 5.33. The maximum atomic E-state index is 12.0. The first-order chi connectivity index (χ1) is 11.4. The zero-order valence-electron chi connectivity index (χ0n) is 13.8. The van der Waals surface area contributed by atoms with Crippen LogP contribution in [0.5, 0.6) is 5.75 Å². The van der Waals surface area contributed by atoms with Crippen LogP contribution in [0.4, 0.5) is 5.69 Å². The summed E-state index contributed by atoms with van der Waals surface area (Å²) in [7, 11) is 1.50. The first-order valence-electron chi connectivity index (χ1n) is 7.39. The largest absolute Gasteiger partial charge is 0.507 e. The molecule has 0 atom stereocenters. The molecular formula is C19H19NO4. The topological polar surface area (TPSA) is 75.6 Å². The third-order valence-electron chi connectivity index (χ3n) is 3.71. The molecule has 5 heteroatoms. The Labute approximate surface area is 140 Å². The molecule has 2 N–H and O–H groups in total. The van der Waals surface area contributed by atoms with Crippen molar-refractivity contribution in [3.8, 4) is 5.75 Å². The van der Waals surface area contributed by atoms with Gasteiger partial charge in [-0.3, -0.25) is 9.59 Å². The van der Waals surface area contributed by atoms with E-state index in [0.29, 0.717) is 17.0 Å². The Morgan fingerprint density at radius 1 is 1.12 bits per heavy atom. The number of carbonyl (C=O) groups is 2. The van der Waals surface area contributed by atoms with Crippen molar-refractivity contribution >= 4 is 23.1 Å². The number of methoxy groups -OCH3 is 1. The Kier molecular flexibility index (Phi) is 5.37. The van der Waals surface area contributed by atoms with Gasteiger partial charge in [0.05, 0.1) is 7.11 Å². The number of amides is 1. The number of aliphatic hydroxyl groups excluding tert-OH is 1. The minimum absolute atomic E-state index is 0.296. The monoisotopic (exact) mass is 325 g/mol. The molecule has 0 fully saturated rings. The molecule has 0 aromatic heterocycles. The van der Waals surface area contributed by atoms with Crippen molar-refractivity contribution < 1.29 is 19.4 Å². The molecule has 0 aliphatic carbocycles. The number of carbonyl (C=O) groups excluding carboxylic acids is 2. The van der Waals surface area contributed by atoms with Crippen molar-refractivity contribution in [3.05, 3.63) is 65.2 Å². The molecule has 5 nitrogen and oxygen atoms in total. The number of aliphatic hydroxyl groups is 1. The molecule has 0 aliphatic heterocycles. The van der Waals surface area contributed by atoms with Crippen LogP contribution in [0.1, 0.15) is 16.7 Å². The summed E-state index contributed by atoms with van der Waals surface area (Å²) in [5, 5.41) is 12.6. The first kappa shape index (κ1) is 17.3. The van der Waals surface area contributed by atoms with E-state index in [4.69, 9.17) is 4.74 Å². The lowest BCUT2D eigenvalue weighted by atomic mass is 10.1. The van der Waals surface area contributed by atoms with E-state index in [0.717, 1.165) is 17.2 Å². The van der Waals surface area contributed by atoms with Crippen LogP contribution in [0.3, 0.4) is 0 Å². The van der Waals surface area contributed by atoms with E-state index in [9.17, 15) is 14.7 Å². The van der Waals surface area contributed by atoms with E-state index in [1.54, 1.807) is 36.4 Å². The number of rotatable bonds is 5. The SMILES string of the molecule is COc1cccc(/C(O)=C/C(=O)C(=O)Nc2cccc(C)c2C)c1. The van der Waals surface area contributed by atoms with Crippen LogP contribution in [0, 0.1) is 13.8 Å². The average molecular weight is 325 g/mol. The van der Waals surface area contributed by atoms with Crippen LogP contribution in [0.15, 0.2) is 48.5 Å². The second kappa shape index (κ2) is 7.46. The number of hydrogen-bond donors (Lipinski definition) is 2. The van der Waals surface area contributed by atoms with E-state index >= 15 is 0 Å². The molecule has 0 saturated heterocycles. The fourth-order valence-electron chi connectivity index (χ4n) is 2.13. The van der Waals surface area contributed by atoms with Gasteiger partial charge in [0.1, 0.15) is 11.5 Å². The Hall–Kier alpha value is -3.08. The van der Waals surface area contributed by atoms with E-state index < -0.39 is 11.7 Å². The number of hydrogen-bond acceptors (Lipinski definition) is 4. The molecule has 2 aromatic rings. The maximum Gasteiger partial charge on any atom is 0.296 e. The van der Waals surface area contributed by atoms with Crippen LogP contribution in [0.25, 0.3) is 5.76 Å². The molecule has 0 spiro atoms. The summed E-state index contributed by atoms with van der Waals surface area (Å²) in [5.74, 6) is -1.40. The quantitative estimate of drug-likeness (QED) is 0.502. The summed E-state index contributed by atoms with van der Waals surface area (Å²) in [4.78, 5) is 24.0. The summed E-state index contributed by atoms with van der Waals surface area (Å²) < 4.78 is 5.06. The Morgan fingerprint density at radius 3 is 2.54 bits per heavy atom. The molecule has 2 aromatic carbocycles. The lowest BCUT2D eigenvalue weighted by molar-refractivity contribution is -0.131. The number of benzene rings is 2. The van der Waals surface area contributed by atoms with Crippen molar-refractivity contribution in [1.29, 1.82) is 0 Å². The Bertz CT molecular complexity index is 809. The van der Waals surface area contributed by atoms with Crippen LogP contribution >= 0.6 is 0 Å². The van der Waals surface area contributed by atoms with Gasteiger partial charge >= 0.3 is 0 Å². The fourth-order valence-corrected chi connectivity index (χ4v) is 2.13. The van der Waals surface area contributed by atoms with Gasteiger partial charge in [0.15, 0.2) is 0 Å². The number of aryl methyl sites for hydroxylation is 1. The zero-order chi connectivity index (χ0) is 17.7. The van der Waals surface area contributed by atoms with Crippen molar-refractivity contribution in [2.24, 2.45) is 0 Å². The number of ketones is 1. The van der Waals surface area contributed by atoms with Gasteiger partial charge in [0, 0.05) is 17.3 Å². The lowest BCUT2D eigenvalue weighted by Crippen LogP contribution is -2.21. The van der Waals surface area contributed by atoms with E-state index in [1.807, 2.05) is 19.9 Å². The highest BCUT2D eigenvalue weighted by atomic mass is 16.5. The van der Waals surface area contributed by atoms with Gasteiger partial charge in [-0.2, -0.15) is 0 Å². The smallest absolute Gasteiger partial charge is 0.296 e. The minimum atomic E-state index is -0.837. The van der Waals surface area contributed by atoms with Gasteiger partial charge in [-0.25, -0.2) is 0 Å². The second-order valence-electron chi connectivity index (χ2n) is 5.33. The molecule has 1 amide bonds. The van der Waals surface area contributed by atoms with Gasteiger partial charge in [-0.05, 0) is 43.2 Å². The van der Waals surface area contributed by atoms with Crippen LogP contribution < -0.4 is 10.1 Å². The molecule has 0 bridgehead atoms. The highest BCUT2D eigenvalue weighted by Gasteiger charge is 2.14. The first-order valence-corrected chi connectivity index (χ1v) is 7.39. The molecule has 0 radical (unpaired) electrons. The van der Waals surface area contributed by atoms with Gasteiger partial charge in [-0.15, -0.1) is 0 Å². The van der Waals surface area contributed by atoms with E-state index in [1.165, 1.54) is 7.11 Å². The van der Waals surface area contributed by atoms with Crippen molar-refractivity contribution in [2.75, 3.05) is 12.4 Å². The van der Waals surface area contributed by atoms with Gasteiger partial charge in [-0.1, -0.05) is 24.3 Å². The predicted octanol–water partition coefficient (Wildman–Crippen LogP) is 3.42. The van der Waals surface area contributed by atoms with Crippen LogP contribution in [0.2, 0.25) is 0 Å². The minimum Gasteiger partial charge on any atom is -0.507 e. The average Bonchev–Trinajstić information content (AvgIpc) is 2.58. The summed E-state index contributed by atoms with van der Waals surface area (Å²) in [5.41, 5.74) is 2.86. The van der Waals surface area contributed by atoms with E-state index in [-0.39, 0.29) is 5.76 Å². The standard InChI is InChI=1S/C19H19NO4/c1-12-6-4-9-16(13(12)2)20-19(23)18(22)11-17(21)14-7-5-8-15(10-14)24-3/h4-11,21H,1-3H3,(H,20,23)/b17-11-. The lowest BCUT2D eigenvalue weighted by Gasteiger charge is -2.09. The van der Waals surface area contributed by atoms with Gasteiger partial charge < -0.3 is 15.2 Å². The summed E-state index contributed by atoms with van der Waals surface area (Å²) in [6, 6.07) is 12.0. The molecule has 24 heavy (non-hydrogen) atoms. The third kappa shape index (κ3) is 4.01. The molecule has 0 saturated carbocycles. The summed E-state index contributed by atoms with van der Waals surface area (Å²) in [6.07, 6.45) is 0.898. The number of anilines is 1. The Morgan fingerprint density at radius 2 is 1.83 bits per heavy atom. The normalized spacial score (nSPS) is 11.0. The number of ether oxygens (including phenoxy) is 1. The van der Waals surface area contributed by atoms with E-state index in [2.05, 4.69) is 5.32 Å². The molecule has 124 valence electrons.